The van der Waals surface area contributed by atoms with E-state index in [1.165, 1.54) is 6.08 Å². The van der Waals surface area contributed by atoms with Gasteiger partial charge in [-0.3, -0.25) is 20.4 Å². The Kier molecular flexibility index (Phi) is 5.62. The van der Waals surface area contributed by atoms with E-state index in [0.29, 0.717) is 5.75 Å². The van der Waals surface area contributed by atoms with Crippen LogP contribution >= 0.6 is 0 Å². The van der Waals surface area contributed by atoms with Gasteiger partial charge in [0.2, 0.25) is 0 Å². The second kappa shape index (κ2) is 8.48. The maximum Gasteiger partial charge on any atom is 0.276 e. The van der Waals surface area contributed by atoms with Gasteiger partial charge in [0.05, 0.1) is 0 Å². The third-order valence-corrected chi connectivity index (χ3v) is 3.68. The van der Waals surface area contributed by atoms with E-state index in [1.54, 1.807) is 18.2 Å². The topological polar surface area (TPSA) is 67.4 Å². The average molecular weight is 346 g/mol. The van der Waals surface area contributed by atoms with Crippen LogP contribution in [0.1, 0.15) is 5.56 Å². The number of benzene rings is 3. The molecule has 0 heterocycles. The summed E-state index contributed by atoms with van der Waals surface area (Å²) < 4.78 is 5.30. The molecule has 0 atom stereocenters. The van der Waals surface area contributed by atoms with Crippen LogP contribution in [0, 0.1) is 0 Å². The minimum atomic E-state index is -0.444. The third-order valence-electron chi connectivity index (χ3n) is 3.68. The van der Waals surface area contributed by atoms with Gasteiger partial charge in [-0.25, -0.2) is 0 Å². The Balaban J connectivity index is 1.50. The Morgan fingerprint density at radius 3 is 2.42 bits per heavy atom. The molecule has 0 saturated heterocycles. The minimum absolute atomic E-state index is 0.183. The molecule has 0 spiro atoms. The van der Waals surface area contributed by atoms with Crippen LogP contribution in [0.3, 0.4) is 0 Å². The zero-order valence-electron chi connectivity index (χ0n) is 14.0. The molecule has 3 rings (SSSR count). The van der Waals surface area contributed by atoms with Gasteiger partial charge in [0.15, 0.2) is 6.61 Å². The summed E-state index contributed by atoms with van der Waals surface area (Å²) in [6, 6.07) is 22.8. The lowest BCUT2D eigenvalue weighted by Gasteiger charge is -2.07. The molecule has 26 heavy (non-hydrogen) atoms. The van der Waals surface area contributed by atoms with Gasteiger partial charge in [-0.1, -0.05) is 60.7 Å². The SMILES string of the molecule is O=C(/C=C/c1cccc2ccccc12)NNC(=O)COc1ccccc1. The lowest BCUT2D eigenvalue weighted by molar-refractivity contribution is -0.128. The molecule has 5 nitrogen and oxygen atoms in total. The molecular formula is C21H18N2O3. The number of rotatable bonds is 5. The quantitative estimate of drug-likeness (QED) is 0.551. The highest BCUT2D eigenvalue weighted by molar-refractivity contribution is 5.97. The first-order chi connectivity index (χ1) is 12.7. The highest BCUT2D eigenvalue weighted by atomic mass is 16.5. The molecule has 0 aliphatic carbocycles. The van der Waals surface area contributed by atoms with Gasteiger partial charge in [-0.2, -0.15) is 0 Å². The van der Waals surface area contributed by atoms with Crippen molar-refractivity contribution in [3.63, 3.8) is 0 Å². The normalized spacial score (nSPS) is 10.6. The molecule has 0 saturated carbocycles. The van der Waals surface area contributed by atoms with Crippen LogP contribution in [0.25, 0.3) is 16.8 Å². The molecule has 3 aromatic carbocycles. The van der Waals surface area contributed by atoms with Gasteiger partial charge in [-0.05, 0) is 34.5 Å². The molecule has 0 aromatic heterocycles. The van der Waals surface area contributed by atoms with Crippen molar-refractivity contribution < 1.29 is 14.3 Å². The van der Waals surface area contributed by atoms with Crippen molar-refractivity contribution in [1.29, 1.82) is 0 Å². The van der Waals surface area contributed by atoms with E-state index in [1.807, 2.05) is 60.7 Å². The molecule has 2 N–H and O–H groups in total. The number of carbonyl (C=O) groups excluding carboxylic acids is 2. The third kappa shape index (κ3) is 4.70. The van der Waals surface area contributed by atoms with E-state index in [9.17, 15) is 9.59 Å². The fourth-order valence-electron chi connectivity index (χ4n) is 2.44. The number of carbonyl (C=O) groups is 2. The van der Waals surface area contributed by atoms with Gasteiger partial charge >= 0.3 is 0 Å². The zero-order valence-corrected chi connectivity index (χ0v) is 14.0. The molecule has 0 radical (unpaired) electrons. The molecule has 0 bridgehead atoms. The van der Waals surface area contributed by atoms with E-state index >= 15 is 0 Å². The number of amides is 2. The average Bonchev–Trinajstić information content (AvgIpc) is 2.70. The molecule has 0 fully saturated rings. The van der Waals surface area contributed by atoms with E-state index < -0.39 is 11.8 Å². The summed E-state index contributed by atoms with van der Waals surface area (Å²) >= 11 is 0. The molecule has 0 aliphatic rings. The smallest absolute Gasteiger partial charge is 0.276 e. The summed E-state index contributed by atoms with van der Waals surface area (Å²) in [6.45, 7) is -0.183. The fourth-order valence-corrected chi connectivity index (χ4v) is 2.44. The van der Waals surface area contributed by atoms with Gasteiger partial charge in [0.25, 0.3) is 11.8 Å². The zero-order chi connectivity index (χ0) is 18.2. The predicted molar refractivity (Wildman–Crippen MR) is 101 cm³/mol. The Morgan fingerprint density at radius 2 is 1.58 bits per heavy atom. The molecular weight excluding hydrogens is 328 g/mol. The lowest BCUT2D eigenvalue weighted by Crippen LogP contribution is -2.43. The maximum atomic E-state index is 11.9. The Labute approximate surface area is 151 Å². The van der Waals surface area contributed by atoms with E-state index in [4.69, 9.17) is 4.74 Å². The van der Waals surface area contributed by atoms with Gasteiger partial charge < -0.3 is 4.74 Å². The number of hydrazine groups is 1. The molecule has 0 unspecified atom stereocenters. The van der Waals surface area contributed by atoms with Crippen LogP contribution in [0.15, 0.2) is 78.9 Å². The second-order valence-electron chi connectivity index (χ2n) is 5.54. The van der Waals surface area contributed by atoms with Crippen LogP contribution in [-0.2, 0) is 9.59 Å². The Hall–Kier alpha value is -3.60. The lowest BCUT2D eigenvalue weighted by atomic mass is 10.0. The van der Waals surface area contributed by atoms with E-state index in [0.717, 1.165) is 16.3 Å². The highest BCUT2D eigenvalue weighted by Crippen LogP contribution is 2.19. The monoisotopic (exact) mass is 346 g/mol. The second-order valence-corrected chi connectivity index (χ2v) is 5.54. The molecule has 5 heteroatoms. The number of hydrogen-bond donors (Lipinski definition) is 2. The number of hydrogen-bond acceptors (Lipinski definition) is 3. The first kappa shape index (κ1) is 17.2. The van der Waals surface area contributed by atoms with Crippen molar-refractivity contribution in [3.05, 3.63) is 84.4 Å². The maximum absolute atomic E-state index is 11.9. The van der Waals surface area contributed by atoms with Crippen molar-refractivity contribution in [3.8, 4) is 5.75 Å². The van der Waals surface area contributed by atoms with Crippen LogP contribution in [0.2, 0.25) is 0 Å². The van der Waals surface area contributed by atoms with Crippen molar-refractivity contribution in [2.75, 3.05) is 6.61 Å². The number of nitrogens with one attached hydrogen (secondary N) is 2. The van der Waals surface area contributed by atoms with Crippen molar-refractivity contribution in [2.45, 2.75) is 0 Å². The first-order valence-electron chi connectivity index (χ1n) is 8.15. The molecule has 0 aliphatic heterocycles. The summed E-state index contributed by atoms with van der Waals surface area (Å²) in [7, 11) is 0. The minimum Gasteiger partial charge on any atom is -0.484 e. The Bertz CT molecular complexity index is 931. The van der Waals surface area contributed by atoms with Gasteiger partial charge in [0.1, 0.15) is 5.75 Å². The summed E-state index contributed by atoms with van der Waals surface area (Å²) in [5, 5.41) is 2.15. The molecule has 3 aromatic rings. The van der Waals surface area contributed by atoms with Crippen LogP contribution < -0.4 is 15.6 Å². The fraction of sp³-hybridized carbons (Fsp3) is 0.0476. The Morgan fingerprint density at radius 1 is 0.846 bits per heavy atom. The van der Waals surface area contributed by atoms with Gasteiger partial charge in [0, 0.05) is 6.08 Å². The van der Waals surface area contributed by atoms with E-state index in [-0.39, 0.29) is 6.61 Å². The first-order valence-corrected chi connectivity index (χ1v) is 8.15. The highest BCUT2D eigenvalue weighted by Gasteiger charge is 2.04. The largest absolute Gasteiger partial charge is 0.484 e. The number of para-hydroxylation sites is 1. The van der Waals surface area contributed by atoms with Crippen LogP contribution in [0.5, 0.6) is 5.75 Å². The number of fused-ring (bicyclic) bond motifs is 1. The predicted octanol–water partition coefficient (Wildman–Crippen LogP) is 3.08. The summed E-state index contributed by atoms with van der Waals surface area (Å²) in [5.74, 6) is -0.281. The standard InChI is InChI=1S/C21H18N2O3/c24-20(22-23-21(25)15-26-18-10-2-1-3-11-18)14-13-17-9-6-8-16-7-4-5-12-19(16)17/h1-14H,15H2,(H,22,24)(H,23,25)/b14-13+. The van der Waals surface area contributed by atoms with Crippen LogP contribution in [0.4, 0.5) is 0 Å². The van der Waals surface area contributed by atoms with Crippen molar-refractivity contribution in [2.24, 2.45) is 0 Å². The summed E-state index contributed by atoms with van der Waals surface area (Å²) in [5.41, 5.74) is 5.57. The molecule has 130 valence electrons. The van der Waals surface area contributed by atoms with Gasteiger partial charge in [-0.15, -0.1) is 0 Å². The van der Waals surface area contributed by atoms with E-state index in [2.05, 4.69) is 10.9 Å². The van der Waals surface area contributed by atoms with Crippen LogP contribution in [-0.4, -0.2) is 18.4 Å². The summed E-state index contributed by atoms with van der Waals surface area (Å²) in [4.78, 5) is 23.6. The number of ether oxygens (including phenoxy) is 1. The van der Waals surface area contributed by atoms with Crippen molar-refractivity contribution in [1.82, 2.24) is 10.9 Å². The molecule has 2 amide bonds. The van der Waals surface area contributed by atoms with Crippen molar-refractivity contribution >= 4 is 28.7 Å². The summed E-state index contributed by atoms with van der Waals surface area (Å²) in [6.07, 6.45) is 3.09.